The lowest BCUT2D eigenvalue weighted by Gasteiger charge is -2.23. The third-order valence-electron chi connectivity index (χ3n) is 4.42. The van der Waals surface area contributed by atoms with Gasteiger partial charge in [-0.25, -0.2) is 9.18 Å². The van der Waals surface area contributed by atoms with E-state index in [2.05, 4.69) is 20.8 Å². The number of carbonyl (C=O) groups is 2. The summed E-state index contributed by atoms with van der Waals surface area (Å²) in [6.07, 6.45) is -3.19. The topological polar surface area (TPSA) is 116 Å². The fourth-order valence-corrected chi connectivity index (χ4v) is 3.00. The van der Waals surface area contributed by atoms with Crippen LogP contribution in [0.25, 0.3) is 0 Å². The van der Waals surface area contributed by atoms with Crippen LogP contribution in [0.4, 0.5) is 45.1 Å². The number of aromatic nitrogens is 2. The van der Waals surface area contributed by atoms with Crippen molar-refractivity contribution in [1.29, 1.82) is 0 Å². The Morgan fingerprint density at radius 2 is 1.91 bits per heavy atom. The van der Waals surface area contributed by atoms with Crippen LogP contribution in [0.5, 0.6) is 0 Å². The molecule has 0 saturated carbocycles. The first-order valence-corrected chi connectivity index (χ1v) is 9.26. The van der Waals surface area contributed by atoms with Crippen molar-refractivity contribution in [1.82, 2.24) is 10.2 Å². The van der Waals surface area contributed by atoms with E-state index in [1.807, 2.05) is 6.92 Å². The van der Waals surface area contributed by atoms with Gasteiger partial charge in [-0.3, -0.25) is 9.89 Å². The van der Waals surface area contributed by atoms with Gasteiger partial charge in [-0.1, -0.05) is 6.07 Å². The molecule has 0 aliphatic carbocycles. The molecule has 3 rings (SSSR count). The molecule has 0 unspecified atom stereocenters. The number of carbonyl (C=O) groups excluding carboxylic acids is 2. The van der Waals surface area contributed by atoms with Crippen LogP contribution in [0, 0.1) is 5.82 Å². The quantitative estimate of drug-likeness (QED) is 0.415. The van der Waals surface area contributed by atoms with Gasteiger partial charge in [0.15, 0.2) is 5.69 Å². The highest BCUT2D eigenvalue weighted by molar-refractivity contribution is 6.00. The van der Waals surface area contributed by atoms with Gasteiger partial charge in [0.25, 0.3) is 5.91 Å². The molecule has 0 aliphatic rings. The van der Waals surface area contributed by atoms with Crippen LogP contribution in [0.3, 0.4) is 0 Å². The maximum absolute atomic E-state index is 13.9. The van der Waals surface area contributed by atoms with Crippen molar-refractivity contribution in [3.8, 4) is 0 Å². The molecule has 0 radical (unpaired) electrons. The van der Waals surface area contributed by atoms with Crippen LogP contribution in [0.15, 0.2) is 48.7 Å². The van der Waals surface area contributed by atoms with Crippen molar-refractivity contribution in [3.05, 3.63) is 65.7 Å². The SMILES string of the molecule is CCN(c1cccc(NC(=O)Nc2cc(C(F)(F)F)ccc2F)c1)c1c[nH]nc1C(N)=O. The lowest BCUT2D eigenvalue weighted by Crippen LogP contribution is -2.22. The van der Waals surface area contributed by atoms with Gasteiger partial charge in [0.1, 0.15) is 5.82 Å². The molecule has 2 aromatic carbocycles. The summed E-state index contributed by atoms with van der Waals surface area (Å²) in [6.45, 7) is 2.24. The van der Waals surface area contributed by atoms with Gasteiger partial charge in [-0.05, 0) is 43.3 Å². The third-order valence-corrected chi connectivity index (χ3v) is 4.42. The van der Waals surface area contributed by atoms with Gasteiger partial charge in [0, 0.05) is 24.1 Å². The summed E-state index contributed by atoms with van der Waals surface area (Å²) in [6, 6.07) is 7.18. The summed E-state index contributed by atoms with van der Waals surface area (Å²) in [5.74, 6) is -1.74. The molecule has 3 amide bonds. The zero-order valence-corrected chi connectivity index (χ0v) is 16.6. The Hall–Kier alpha value is -4.09. The van der Waals surface area contributed by atoms with Gasteiger partial charge in [-0.2, -0.15) is 18.3 Å². The number of H-pyrrole nitrogens is 1. The average Bonchev–Trinajstić information content (AvgIpc) is 3.19. The van der Waals surface area contributed by atoms with Crippen molar-refractivity contribution in [3.63, 3.8) is 0 Å². The van der Waals surface area contributed by atoms with E-state index in [1.54, 1.807) is 23.1 Å². The molecular formula is C20H18F4N6O2. The first kappa shape index (κ1) is 22.6. The zero-order chi connectivity index (χ0) is 23.5. The number of hydrogen-bond acceptors (Lipinski definition) is 4. The smallest absolute Gasteiger partial charge is 0.364 e. The van der Waals surface area contributed by atoms with E-state index in [0.29, 0.717) is 36.1 Å². The number of urea groups is 1. The Morgan fingerprint density at radius 1 is 1.16 bits per heavy atom. The number of rotatable bonds is 6. The molecule has 0 bridgehead atoms. The van der Waals surface area contributed by atoms with E-state index in [9.17, 15) is 27.2 Å². The Labute approximate surface area is 179 Å². The van der Waals surface area contributed by atoms with E-state index in [0.717, 1.165) is 0 Å². The highest BCUT2D eigenvalue weighted by Gasteiger charge is 2.31. The van der Waals surface area contributed by atoms with Crippen LogP contribution in [-0.4, -0.2) is 28.7 Å². The van der Waals surface area contributed by atoms with Crippen LogP contribution >= 0.6 is 0 Å². The zero-order valence-electron chi connectivity index (χ0n) is 16.6. The van der Waals surface area contributed by atoms with E-state index in [1.165, 1.54) is 12.3 Å². The molecule has 168 valence electrons. The van der Waals surface area contributed by atoms with Crippen molar-refractivity contribution in [2.45, 2.75) is 13.1 Å². The molecule has 0 spiro atoms. The second-order valence-corrected chi connectivity index (χ2v) is 6.55. The number of hydrogen-bond donors (Lipinski definition) is 4. The molecule has 0 fully saturated rings. The standard InChI is InChI=1S/C20H18F4N6O2/c1-2-30(16-10-26-29-17(16)18(25)31)13-5-3-4-12(9-13)27-19(32)28-15-8-11(20(22,23)24)6-7-14(15)21/h3-10H,2H2,1H3,(H2,25,31)(H,26,29)(H2,27,28,32). The number of halogens is 4. The molecule has 1 heterocycles. The maximum Gasteiger partial charge on any atom is 0.416 e. The molecule has 0 aliphatic heterocycles. The van der Waals surface area contributed by atoms with Crippen molar-refractivity contribution < 1.29 is 27.2 Å². The fraction of sp³-hybridized carbons (Fsp3) is 0.150. The number of aromatic amines is 1. The second-order valence-electron chi connectivity index (χ2n) is 6.55. The summed E-state index contributed by atoms with van der Waals surface area (Å²) in [7, 11) is 0. The lowest BCUT2D eigenvalue weighted by atomic mass is 10.2. The highest BCUT2D eigenvalue weighted by atomic mass is 19.4. The molecular weight excluding hydrogens is 432 g/mol. The van der Waals surface area contributed by atoms with E-state index in [4.69, 9.17) is 5.73 Å². The molecule has 0 saturated heterocycles. The number of benzene rings is 2. The molecule has 0 atom stereocenters. The Morgan fingerprint density at radius 3 is 2.56 bits per heavy atom. The average molecular weight is 450 g/mol. The number of amides is 3. The van der Waals surface area contributed by atoms with Crippen LogP contribution < -0.4 is 21.3 Å². The minimum atomic E-state index is -4.69. The maximum atomic E-state index is 13.9. The summed E-state index contributed by atoms with van der Waals surface area (Å²) in [5, 5.41) is 10.9. The molecule has 32 heavy (non-hydrogen) atoms. The first-order chi connectivity index (χ1) is 15.1. The minimum absolute atomic E-state index is 0.0305. The van der Waals surface area contributed by atoms with Gasteiger partial charge in [-0.15, -0.1) is 0 Å². The van der Waals surface area contributed by atoms with E-state index >= 15 is 0 Å². The number of anilines is 4. The number of nitrogens with zero attached hydrogens (tertiary/aromatic N) is 2. The lowest BCUT2D eigenvalue weighted by molar-refractivity contribution is -0.137. The Kier molecular flexibility index (Phi) is 6.32. The first-order valence-electron chi connectivity index (χ1n) is 9.26. The second kappa shape index (κ2) is 8.96. The van der Waals surface area contributed by atoms with Crippen LogP contribution in [0.1, 0.15) is 23.0 Å². The summed E-state index contributed by atoms with van der Waals surface area (Å²) in [5.41, 5.74) is 4.92. The number of nitrogens with two attached hydrogens (primary N) is 1. The van der Waals surface area contributed by atoms with Gasteiger partial charge in [0.05, 0.1) is 16.9 Å². The third kappa shape index (κ3) is 4.96. The Balaban J connectivity index is 1.80. The fourth-order valence-electron chi connectivity index (χ4n) is 3.00. The van der Waals surface area contributed by atoms with Crippen molar-refractivity contribution >= 4 is 34.7 Å². The van der Waals surface area contributed by atoms with Gasteiger partial charge < -0.3 is 21.3 Å². The molecule has 1 aromatic heterocycles. The predicted octanol–water partition coefficient (Wildman–Crippen LogP) is 4.47. The van der Waals surface area contributed by atoms with E-state index < -0.39 is 35.2 Å². The molecule has 5 N–H and O–H groups in total. The van der Waals surface area contributed by atoms with Crippen molar-refractivity contribution in [2.24, 2.45) is 5.73 Å². The molecule has 8 nitrogen and oxygen atoms in total. The highest BCUT2D eigenvalue weighted by Crippen LogP contribution is 2.32. The van der Waals surface area contributed by atoms with Crippen molar-refractivity contribution in [2.75, 3.05) is 22.1 Å². The van der Waals surface area contributed by atoms with Crippen LogP contribution in [-0.2, 0) is 6.18 Å². The summed E-state index contributed by atoms with van der Waals surface area (Å²) in [4.78, 5) is 25.5. The summed E-state index contributed by atoms with van der Waals surface area (Å²) >= 11 is 0. The monoisotopic (exact) mass is 450 g/mol. The normalized spacial score (nSPS) is 11.2. The van der Waals surface area contributed by atoms with Crippen LogP contribution in [0.2, 0.25) is 0 Å². The molecule has 12 heteroatoms. The number of nitrogens with one attached hydrogen (secondary N) is 3. The Bertz CT molecular complexity index is 1150. The largest absolute Gasteiger partial charge is 0.416 e. The minimum Gasteiger partial charge on any atom is -0.364 e. The van der Waals surface area contributed by atoms with Gasteiger partial charge >= 0.3 is 12.2 Å². The van der Waals surface area contributed by atoms with Gasteiger partial charge in [0.2, 0.25) is 0 Å². The van der Waals surface area contributed by atoms with E-state index in [-0.39, 0.29) is 11.4 Å². The predicted molar refractivity (Wildman–Crippen MR) is 110 cm³/mol. The molecule has 3 aromatic rings. The number of alkyl halides is 3. The number of primary amides is 1. The summed E-state index contributed by atoms with van der Waals surface area (Å²) < 4.78 is 52.4.